The molecule has 0 spiro atoms. The number of carbonyl (C=O) groups excluding carboxylic acids is 1. The Kier molecular flexibility index (Phi) is 5.58. The van der Waals surface area contributed by atoms with Gasteiger partial charge >= 0.3 is 0 Å². The zero-order chi connectivity index (χ0) is 20.5. The van der Waals surface area contributed by atoms with Crippen molar-refractivity contribution in [2.24, 2.45) is 16.7 Å². The van der Waals surface area contributed by atoms with Crippen LogP contribution in [0.3, 0.4) is 0 Å². The summed E-state index contributed by atoms with van der Waals surface area (Å²) in [4.78, 5) is 14.6. The number of hydrogen-bond donors (Lipinski definition) is 0. The maximum Gasteiger partial charge on any atom is 0.172 e. The second kappa shape index (κ2) is 8.00. The monoisotopic (exact) mass is 408 g/mol. The predicted molar refractivity (Wildman–Crippen MR) is 117 cm³/mol. The van der Waals surface area contributed by atoms with Crippen LogP contribution in [-0.2, 0) is 16.1 Å². The van der Waals surface area contributed by atoms with Crippen molar-refractivity contribution >= 4 is 17.5 Å². The molecule has 3 unspecified atom stereocenters. The maximum absolute atomic E-state index is 13.5. The maximum atomic E-state index is 13.5. The number of ether oxygens (including phenoxy) is 2. The van der Waals surface area contributed by atoms with Crippen molar-refractivity contribution in [3.63, 3.8) is 0 Å². The van der Waals surface area contributed by atoms with Crippen LogP contribution in [0.1, 0.15) is 32.3 Å². The number of Topliss-reactive ketones (excluding diaryl/α,β-unsaturated/α-hetero) is 1. The van der Waals surface area contributed by atoms with Gasteiger partial charge in [0.1, 0.15) is 11.9 Å². The van der Waals surface area contributed by atoms with Gasteiger partial charge in [0.2, 0.25) is 0 Å². The lowest BCUT2D eigenvalue weighted by atomic mass is 9.69. The Morgan fingerprint density at radius 2 is 1.83 bits per heavy atom. The van der Waals surface area contributed by atoms with E-state index in [1.807, 2.05) is 42.5 Å². The molecule has 152 valence electrons. The molecule has 4 heteroatoms. The number of hydrogen-bond acceptors (Lipinski definition) is 4. The Labute approximate surface area is 177 Å². The summed E-state index contributed by atoms with van der Waals surface area (Å²) in [6, 6.07) is 18.1. The summed E-state index contributed by atoms with van der Waals surface area (Å²) in [5, 5.41) is 2.10. The van der Waals surface area contributed by atoms with E-state index in [0.29, 0.717) is 6.61 Å². The summed E-state index contributed by atoms with van der Waals surface area (Å²) in [5.74, 6) is 1.34. The van der Waals surface area contributed by atoms with Crippen molar-refractivity contribution in [1.29, 1.82) is 0 Å². The third-order valence-electron chi connectivity index (χ3n) is 6.88. The molecule has 2 fully saturated rings. The van der Waals surface area contributed by atoms with Crippen LogP contribution in [-0.4, -0.2) is 19.0 Å². The van der Waals surface area contributed by atoms with Crippen LogP contribution in [0.5, 0.6) is 5.75 Å². The summed E-state index contributed by atoms with van der Waals surface area (Å²) in [6.07, 6.45) is 3.78. The molecule has 2 aromatic carbocycles. The molecule has 0 aromatic heterocycles. The Morgan fingerprint density at radius 3 is 2.52 bits per heavy atom. The first-order valence-corrected chi connectivity index (χ1v) is 11.0. The van der Waals surface area contributed by atoms with Crippen LogP contribution >= 0.6 is 11.8 Å². The normalized spacial score (nSPS) is 27.6. The number of thioether (sulfide) groups is 1. The van der Waals surface area contributed by atoms with Gasteiger partial charge in [-0.1, -0.05) is 62.0 Å². The highest BCUT2D eigenvalue weighted by Gasteiger charge is 2.68. The average molecular weight is 409 g/mol. The summed E-state index contributed by atoms with van der Waals surface area (Å²) in [5.41, 5.74) is 0.537. The van der Waals surface area contributed by atoms with Crippen molar-refractivity contribution in [1.82, 2.24) is 0 Å². The topological polar surface area (TPSA) is 35.5 Å². The number of carbonyl (C=O) groups is 1. The van der Waals surface area contributed by atoms with Gasteiger partial charge in [-0.05, 0) is 59.4 Å². The van der Waals surface area contributed by atoms with Gasteiger partial charge < -0.3 is 9.47 Å². The van der Waals surface area contributed by atoms with E-state index in [1.165, 1.54) is 4.90 Å². The smallest absolute Gasteiger partial charge is 0.172 e. The fraction of sp³-hybridized carbons (Fsp3) is 0.400. The quantitative estimate of drug-likeness (QED) is 0.535. The molecule has 0 heterocycles. The van der Waals surface area contributed by atoms with Gasteiger partial charge in [0.15, 0.2) is 5.78 Å². The third kappa shape index (κ3) is 3.53. The van der Waals surface area contributed by atoms with E-state index in [2.05, 4.69) is 37.5 Å². The number of rotatable bonds is 7. The molecule has 0 aliphatic heterocycles. The van der Waals surface area contributed by atoms with Crippen molar-refractivity contribution in [3.05, 3.63) is 71.6 Å². The van der Waals surface area contributed by atoms with Crippen LogP contribution in [0.2, 0.25) is 0 Å². The zero-order valence-corrected chi connectivity index (χ0v) is 18.1. The second-order valence-electron chi connectivity index (χ2n) is 8.52. The number of allylic oxidation sites excluding steroid dienone is 1. The van der Waals surface area contributed by atoms with E-state index in [0.717, 1.165) is 24.2 Å². The molecule has 29 heavy (non-hydrogen) atoms. The zero-order valence-electron chi connectivity index (χ0n) is 17.3. The van der Waals surface area contributed by atoms with Crippen LogP contribution in [0.25, 0.3) is 0 Å². The Bertz CT molecular complexity index is 888. The van der Waals surface area contributed by atoms with Crippen molar-refractivity contribution < 1.29 is 14.3 Å². The van der Waals surface area contributed by atoms with E-state index in [1.54, 1.807) is 18.9 Å². The van der Waals surface area contributed by atoms with Gasteiger partial charge in [-0.15, -0.1) is 0 Å². The minimum Gasteiger partial charge on any atom is -0.497 e. The average Bonchev–Trinajstić information content (AvgIpc) is 3.08. The molecular weight excluding hydrogens is 380 g/mol. The summed E-state index contributed by atoms with van der Waals surface area (Å²) in [7, 11) is 1.66. The molecule has 0 amide bonds. The molecule has 0 N–H and O–H groups in total. The first kappa shape index (κ1) is 20.2. The van der Waals surface area contributed by atoms with E-state index in [4.69, 9.17) is 9.47 Å². The Morgan fingerprint density at radius 1 is 1.10 bits per heavy atom. The standard InChI is InChI=1S/C25H28O3S/c1-24(2)21-13-14-25(24,15-16-29-20-7-5-4-6-8-20)23(26)22(21)28-17-18-9-11-19(27-3)12-10-18/h4-12,15-16,21-22H,13-14,17H2,1-3H3/b16-15-. The van der Waals surface area contributed by atoms with E-state index in [-0.39, 0.29) is 23.2 Å². The lowest BCUT2D eigenvalue weighted by Crippen LogP contribution is -2.37. The highest BCUT2D eigenvalue weighted by Crippen LogP contribution is 2.65. The van der Waals surface area contributed by atoms with Gasteiger partial charge in [0.05, 0.1) is 19.1 Å². The minimum atomic E-state index is -0.427. The molecule has 2 aliphatic rings. The van der Waals surface area contributed by atoms with Crippen LogP contribution < -0.4 is 4.74 Å². The van der Waals surface area contributed by atoms with Crippen LogP contribution in [0.15, 0.2) is 71.0 Å². The largest absolute Gasteiger partial charge is 0.497 e. The van der Waals surface area contributed by atoms with Crippen molar-refractivity contribution in [3.8, 4) is 5.75 Å². The molecule has 2 bridgehead atoms. The Hall–Kier alpha value is -2.04. The van der Waals surface area contributed by atoms with Gasteiger partial charge in [-0.25, -0.2) is 0 Å². The fourth-order valence-corrected chi connectivity index (χ4v) is 5.78. The van der Waals surface area contributed by atoms with Gasteiger partial charge in [0, 0.05) is 4.90 Å². The molecule has 2 aromatic rings. The third-order valence-corrected chi connectivity index (χ3v) is 7.69. The van der Waals surface area contributed by atoms with E-state index >= 15 is 0 Å². The SMILES string of the molecule is COc1ccc(COC2C(=O)C3(/C=C\Sc4ccccc4)CCC2C3(C)C)cc1. The second-order valence-corrected chi connectivity index (χ2v) is 9.50. The Balaban J connectivity index is 1.48. The first-order chi connectivity index (χ1) is 14.0. The molecule has 4 rings (SSSR count). The highest BCUT2D eigenvalue weighted by molar-refractivity contribution is 8.02. The number of fused-ring (bicyclic) bond motifs is 2. The van der Waals surface area contributed by atoms with Gasteiger partial charge in [-0.2, -0.15) is 0 Å². The van der Waals surface area contributed by atoms with Crippen molar-refractivity contribution in [2.45, 2.75) is 44.3 Å². The molecule has 0 saturated heterocycles. The summed E-state index contributed by atoms with van der Waals surface area (Å²) < 4.78 is 11.4. The van der Waals surface area contributed by atoms with Crippen molar-refractivity contribution in [2.75, 3.05) is 7.11 Å². The van der Waals surface area contributed by atoms with E-state index in [9.17, 15) is 4.79 Å². The summed E-state index contributed by atoms with van der Waals surface area (Å²) in [6.45, 7) is 4.92. The van der Waals surface area contributed by atoms with E-state index < -0.39 is 5.41 Å². The van der Waals surface area contributed by atoms with Gasteiger partial charge in [0.25, 0.3) is 0 Å². The number of ketones is 1. The molecular formula is C25H28O3S. The predicted octanol–water partition coefficient (Wildman–Crippen LogP) is 5.89. The number of benzene rings is 2. The minimum absolute atomic E-state index is 0.0948. The fourth-order valence-electron chi connectivity index (χ4n) is 5.01. The molecule has 3 atom stereocenters. The molecule has 0 radical (unpaired) electrons. The molecule has 2 saturated carbocycles. The molecule has 2 aliphatic carbocycles. The lowest BCUT2D eigenvalue weighted by molar-refractivity contribution is -0.138. The highest BCUT2D eigenvalue weighted by atomic mass is 32.2. The summed E-state index contributed by atoms with van der Waals surface area (Å²) >= 11 is 1.67. The molecule has 3 nitrogen and oxygen atoms in total. The van der Waals surface area contributed by atoms with Crippen LogP contribution in [0, 0.1) is 16.7 Å². The first-order valence-electron chi connectivity index (χ1n) is 10.2. The lowest BCUT2D eigenvalue weighted by Gasteiger charge is -2.33. The van der Waals surface area contributed by atoms with Crippen LogP contribution in [0.4, 0.5) is 0 Å². The van der Waals surface area contributed by atoms with Gasteiger partial charge in [-0.3, -0.25) is 4.79 Å². The number of methoxy groups -OCH3 is 1.